The molecule has 2 amide bonds. The summed E-state index contributed by atoms with van der Waals surface area (Å²) in [5, 5.41) is 2.42. The molecule has 12 heteroatoms. The van der Waals surface area contributed by atoms with Gasteiger partial charge in [-0.2, -0.15) is 13.2 Å². The number of carbonyl (C=O) groups excluding carboxylic acids is 2. The number of hydrogen-bond donors (Lipinski definition) is 3. The predicted octanol–water partition coefficient (Wildman–Crippen LogP) is 1.43. The Morgan fingerprint density at radius 2 is 1.69 bits per heavy atom. The number of nitrogens with zero attached hydrogens (tertiary/aromatic N) is 2. The number of rotatable bonds is 6. The first-order chi connectivity index (χ1) is 13.4. The lowest BCUT2D eigenvalue weighted by Gasteiger charge is -2.37. The molecule has 0 aliphatic carbocycles. The first kappa shape index (κ1) is 23.2. The number of halogens is 3. The maximum atomic E-state index is 12.7. The standard InChI is InChI=1S/C17H23F3N3O5P/c1-12(24)21-15(6-11-29(26,27)28)16(25)23-9-7-22(8-10-23)14-4-2-13(3-5-14)17(18,19)20/h2-5,15H,6-11H2,1H3,(H,21,24)(H2,26,27,28)/t15-/m0/s1. The number of carbonyl (C=O) groups is 2. The van der Waals surface area contributed by atoms with Crippen LogP contribution in [-0.2, 0) is 20.3 Å². The number of nitrogens with one attached hydrogen (secondary N) is 1. The number of anilines is 1. The molecule has 1 aromatic carbocycles. The van der Waals surface area contributed by atoms with Crippen LogP contribution >= 0.6 is 7.60 Å². The van der Waals surface area contributed by atoms with Gasteiger partial charge >= 0.3 is 13.8 Å². The molecule has 8 nitrogen and oxygen atoms in total. The maximum Gasteiger partial charge on any atom is 0.416 e. The average Bonchev–Trinajstić information content (AvgIpc) is 2.63. The van der Waals surface area contributed by atoms with Crippen LogP contribution in [0.25, 0.3) is 0 Å². The highest BCUT2D eigenvalue weighted by molar-refractivity contribution is 7.51. The van der Waals surface area contributed by atoms with E-state index in [1.807, 2.05) is 4.90 Å². The van der Waals surface area contributed by atoms with Gasteiger partial charge in [0, 0.05) is 38.8 Å². The molecule has 1 aliphatic heterocycles. The molecule has 0 saturated carbocycles. The van der Waals surface area contributed by atoms with Crippen molar-refractivity contribution in [1.29, 1.82) is 0 Å². The van der Waals surface area contributed by atoms with Gasteiger partial charge in [-0.15, -0.1) is 0 Å². The van der Waals surface area contributed by atoms with Crippen LogP contribution in [-0.4, -0.2) is 64.9 Å². The molecule has 0 aromatic heterocycles. The number of benzene rings is 1. The van der Waals surface area contributed by atoms with Gasteiger partial charge in [-0.25, -0.2) is 0 Å². The van der Waals surface area contributed by atoms with Gasteiger partial charge < -0.3 is 24.9 Å². The summed E-state index contributed by atoms with van der Waals surface area (Å²) in [6.07, 6.45) is -5.13. The van der Waals surface area contributed by atoms with Gasteiger partial charge in [0.25, 0.3) is 0 Å². The van der Waals surface area contributed by atoms with Crippen molar-refractivity contribution in [2.45, 2.75) is 25.6 Å². The fraction of sp³-hybridized carbons (Fsp3) is 0.529. The van der Waals surface area contributed by atoms with Crippen LogP contribution in [0.3, 0.4) is 0 Å². The second-order valence-electron chi connectivity index (χ2n) is 6.79. The zero-order chi connectivity index (χ0) is 21.8. The van der Waals surface area contributed by atoms with Crippen molar-refractivity contribution in [1.82, 2.24) is 10.2 Å². The summed E-state index contributed by atoms with van der Waals surface area (Å²) >= 11 is 0. The van der Waals surface area contributed by atoms with E-state index in [-0.39, 0.29) is 19.5 Å². The molecule has 0 radical (unpaired) electrons. The second kappa shape index (κ2) is 9.15. The smallest absolute Gasteiger partial charge is 0.368 e. The molecule has 1 saturated heterocycles. The van der Waals surface area contributed by atoms with Gasteiger partial charge in [-0.05, 0) is 30.7 Å². The molecule has 162 valence electrons. The molecule has 29 heavy (non-hydrogen) atoms. The Labute approximate surface area is 165 Å². The van der Waals surface area contributed by atoms with Crippen molar-refractivity contribution in [2.24, 2.45) is 0 Å². The number of hydrogen-bond acceptors (Lipinski definition) is 4. The fourth-order valence-corrected chi connectivity index (χ4v) is 3.66. The largest absolute Gasteiger partial charge is 0.416 e. The van der Waals surface area contributed by atoms with E-state index in [1.165, 1.54) is 24.0 Å². The van der Waals surface area contributed by atoms with Crippen molar-refractivity contribution >= 4 is 25.1 Å². The van der Waals surface area contributed by atoms with Crippen LogP contribution in [0, 0.1) is 0 Å². The molecule has 0 bridgehead atoms. The van der Waals surface area contributed by atoms with Gasteiger partial charge in [0.15, 0.2) is 0 Å². The Hall–Kier alpha value is -2.10. The van der Waals surface area contributed by atoms with Crippen LogP contribution in [0.2, 0.25) is 0 Å². The summed E-state index contributed by atoms with van der Waals surface area (Å²) < 4.78 is 49.1. The van der Waals surface area contributed by atoms with Gasteiger partial charge in [-0.3, -0.25) is 14.2 Å². The zero-order valence-corrected chi connectivity index (χ0v) is 16.6. The van der Waals surface area contributed by atoms with Gasteiger partial charge in [0.1, 0.15) is 6.04 Å². The van der Waals surface area contributed by atoms with Crippen molar-refractivity contribution in [3.63, 3.8) is 0 Å². The minimum absolute atomic E-state index is 0.193. The minimum Gasteiger partial charge on any atom is -0.368 e. The topological polar surface area (TPSA) is 110 Å². The van der Waals surface area contributed by atoms with E-state index in [2.05, 4.69) is 5.32 Å². The molecular weight excluding hydrogens is 414 g/mol. The van der Waals surface area contributed by atoms with E-state index < -0.39 is 43.4 Å². The van der Waals surface area contributed by atoms with Gasteiger partial charge in [0.2, 0.25) is 11.8 Å². The lowest BCUT2D eigenvalue weighted by molar-refractivity contribution is -0.137. The first-order valence-corrected chi connectivity index (χ1v) is 10.7. The Bertz CT molecular complexity index is 774. The zero-order valence-electron chi connectivity index (χ0n) is 15.7. The molecule has 2 rings (SSSR count). The third-order valence-corrected chi connectivity index (χ3v) is 5.38. The number of piperazine rings is 1. The number of alkyl halides is 3. The van der Waals surface area contributed by atoms with E-state index in [0.29, 0.717) is 18.8 Å². The summed E-state index contributed by atoms with van der Waals surface area (Å²) in [5.41, 5.74) is -0.136. The molecule has 0 spiro atoms. The van der Waals surface area contributed by atoms with Crippen molar-refractivity contribution in [3.05, 3.63) is 29.8 Å². The van der Waals surface area contributed by atoms with Crippen molar-refractivity contribution in [3.8, 4) is 0 Å². The molecule has 3 N–H and O–H groups in total. The summed E-state index contributed by atoms with van der Waals surface area (Å²) in [6.45, 7) is 2.50. The highest BCUT2D eigenvalue weighted by Crippen LogP contribution is 2.35. The third kappa shape index (κ3) is 7.02. The lowest BCUT2D eigenvalue weighted by atomic mass is 10.1. The minimum atomic E-state index is -4.41. The first-order valence-electron chi connectivity index (χ1n) is 8.89. The Balaban J connectivity index is 1.97. The van der Waals surface area contributed by atoms with E-state index in [1.54, 1.807) is 0 Å². The van der Waals surface area contributed by atoms with Crippen molar-refractivity contribution < 1.29 is 37.1 Å². The third-order valence-electron chi connectivity index (χ3n) is 4.54. The molecule has 0 unspecified atom stereocenters. The highest BCUT2D eigenvalue weighted by Gasteiger charge is 2.32. The summed E-state index contributed by atoms with van der Waals surface area (Å²) in [7, 11) is -4.32. The lowest BCUT2D eigenvalue weighted by Crippen LogP contribution is -2.55. The monoisotopic (exact) mass is 437 g/mol. The molecule has 1 atom stereocenters. The molecule has 1 aliphatic rings. The van der Waals surface area contributed by atoms with E-state index in [9.17, 15) is 27.3 Å². The van der Waals surface area contributed by atoms with Crippen LogP contribution < -0.4 is 10.2 Å². The van der Waals surface area contributed by atoms with E-state index in [0.717, 1.165) is 12.1 Å². The quantitative estimate of drug-likeness (QED) is 0.581. The summed E-state index contributed by atoms with van der Waals surface area (Å²) in [6, 6.07) is 3.71. The maximum absolute atomic E-state index is 12.7. The van der Waals surface area contributed by atoms with Crippen LogP contribution in [0.1, 0.15) is 18.9 Å². The molecular formula is C17H23F3N3O5P. The van der Waals surface area contributed by atoms with Crippen LogP contribution in [0.5, 0.6) is 0 Å². The van der Waals surface area contributed by atoms with Gasteiger partial charge in [0.05, 0.1) is 11.7 Å². The predicted molar refractivity (Wildman–Crippen MR) is 99.4 cm³/mol. The molecule has 1 fully saturated rings. The number of amides is 2. The van der Waals surface area contributed by atoms with Crippen LogP contribution in [0.4, 0.5) is 18.9 Å². The summed E-state index contributed by atoms with van der Waals surface area (Å²) in [4.78, 5) is 45.4. The summed E-state index contributed by atoms with van der Waals surface area (Å²) in [5.74, 6) is -0.932. The van der Waals surface area contributed by atoms with E-state index >= 15 is 0 Å². The Kier molecular flexibility index (Phi) is 7.31. The van der Waals surface area contributed by atoms with E-state index in [4.69, 9.17) is 9.79 Å². The average molecular weight is 437 g/mol. The Morgan fingerprint density at radius 3 is 2.14 bits per heavy atom. The fourth-order valence-electron chi connectivity index (χ4n) is 3.07. The Morgan fingerprint density at radius 1 is 1.14 bits per heavy atom. The second-order valence-corrected chi connectivity index (χ2v) is 8.56. The molecule has 1 aromatic rings. The van der Waals surface area contributed by atoms with Crippen LogP contribution in [0.15, 0.2) is 24.3 Å². The van der Waals surface area contributed by atoms with Crippen molar-refractivity contribution in [2.75, 3.05) is 37.2 Å². The normalized spacial score (nSPS) is 16.5. The SMILES string of the molecule is CC(=O)N[C@@H](CCP(=O)(O)O)C(=O)N1CCN(c2ccc(C(F)(F)F)cc2)CC1. The molecule has 1 heterocycles. The van der Waals surface area contributed by atoms with Gasteiger partial charge in [-0.1, -0.05) is 0 Å². The highest BCUT2D eigenvalue weighted by atomic mass is 31.2.